The van der Waals surface area contributed by atoms with Crippen molar-refractivity contribution < 1.29 is 19.1 Å². The van der Waals surface area contributed by atoms with Gasteiger partial charge in [-0.05, 0) is 37.8 Å². The van der Waals surface area contributed by atoms with Gasteiger partial charge in [-0.3, -0.25) is 19.3 Å². The van der Waals surface area contributed by atoms with E-state index in [1.54, 1.807) is 6.07 Å². The highest BCUT2D eigenvalue weighted by Gasteiger charge is 2.40. The maximum absolute atomic E-state index is 13.2. The van der Waals surface area contributed by atoms with Crippen molar-refractivity contribution in [2.24, 2.45) is 5.92 Å². The lowest BCUT2D eigenvalue weighted by Crippen LogP contribution is -2.45. The summed E-state index contributed by atoms with van der Waals surface area (Å²) >= 11 is 1.91. The first kappa shape index (κ1) is 20.8. The van der Waals surface area contributed by atoms with Gasteiger partial charge in [-0.15, -0.1) is 0 Å². The molecule has 7 nitrogen and oxygen atoms in total. The molecule has 3 fully saturated rings. The lowest BCUT2D eigenvalue weighted by atomic mass is 9.94. The molecule has 8 heteroatoms. The molecule has 0 unspecified atom stereocenters. The van der Waals surface area contributed by atoms with E-state index in [-0.39, 0.29) is 29.7 Å². The molecule has 3 amide bonds. The average molecular weight is 444 g/mol. The topological polar surface area (TPSA) is 70.2 Å². The van der Waals surface area contributed by atoms with Gasteiger partial charge in [0.25, 0.3) is 11.8 Å². The van der Waals surface area contributed by atoms with Crippen LogP contribution in [0.15, 0.2) is 18.2 Å². The molecule has 0 aliphatic carbocycles. The molecule has 0 radical (unpaired) electrons. The molecule has 5 rings (SSSR count). The molecule has 0 aromatic heterocycles. The molecule has 166 valence electrons. The summed E-state index contributed by atoms with van der Waals surface area (Å²) in [7, 11) is 0. The van der Waals surface area contributed by atoms with E-state index < -0.39 is 0 Å². The number of piperidine rings is 1. The Morgan fingerprint density at radius 3 is 2.52 bits per heavy atom. The second-order valence-electron chi connectivity index (χ2n) is 8.75. The number of anilines is 1. The smallest absolute Gasteiger partial charge is 0.263 e. The van der Waals surface area contributed by atoms with Crippen molar-refractivity contribution in [3.05, 3.63) is 29.3 Å². The predicted octanol–water partition coefficient (Wildman–Crippen LogP) is 2.25. The maximum Gasteiger partial charge on any atom is 0.263 e. The molecular weight excluding hydrogens is 414 g/mol. The number of hydrogen-bond donors (Lipinski definition) is 0. The first-order valence-electron chi connectivity index (χ1n) is 11.4. The quantitative estimate of drug-likeness (QED) is 0.665. The minimum absolute atomic E-state index is 0.0550. The Morgan fingerprint density at radius 1 is 1.03 bits per heavy atom. The van der Waals surface area contributed by atoms with Crippen molar-refractivity contribution in [3.63, 3.8) is 0 Å². The molecule has 3 saturated heterocycles. The van der Waals surface area contributed by atoms with E-state index >= 15 is 0 Å². The maximum atomic E-state index is 13.2. The monoisotopic (exact) mass is 443 g/mol. The van der Waals surface area contributed by atoms with E-state index in [4.69, 9.17) is 4.74 Å². The van der Waals surface area contributed by atoms with Gasteiger partial charge in [-0.25, -0.2) is 0 Å². The second kappa shape index (κ2) is 8.82. The van der Waals surface area contributed by atoms with Crippen molar-refractivity contribution in [3.8, 4) is 0 Å². The Kier molecular flexibility index (Phi) is 5.93. The van der Waals surface area contributed by atoms with Crippen LogP contribution < -0.4 is 4.90 Å². The number of rotatable bonds is 4. The van der Waals surface area contributed by atoms with Crippen LogP contribution >= 0.6 is 11.8 Å². The van der Waals surface area contributed by atoms with E-state index in [1.807, 2.05) is 28.8 Å². The van der Waals surface area contributed by atoms with Crippen LogP contribution in [0.5, 0.6) is 0 Å². The Labute approximate surface area is 187 Å². The SMILES string of the molecule is O=C(C1CCN(c2cccc3c2C(=O)N(C[C@H]2CCCO2)C3=O)CC1)N1CCSCC1. The van der Waals surface area contributed by atoms with Gasteiger partial charge >= 0.3 is 0 Å². The number of thioether (sulfide) groups is 1. The number of carbonyl (C=O) groups excluding carboxylic acids is 3. The molecule has 1 aromatic carbocycles. The van der Waals surface area contributed by atoms with Gasteiger partial charge in [0.1, 0.15) is 0 Å². The van der Waals surface area contributed by atoms with Gasteiger partial charge in [0, 0.05) is 50.2 Å². The molecule has 4 aliphatic heterocycles. The highest BCUT2D eigenvalue weighted by molar-refractivity contribution is 7.99. The normalized spacial score (nSPS) is 24.8. The molecule has 1 aromatic rings. The molecule has 4 aliphatic rings. The molecule has 0 saturated carbocycles. The number of nitrogens with zero attached hydrogens (tertiary/aromatic N) is 3. The molecule has 1 atom stereocenters. The van der Waals surface area contributed by atoms with Crippen LogP contribution in [0.1, 0.15) is 46.4 Å². The fourth-order valence-electron chi connectivity index (χ4n) is 5.15. The Bertz CT molecular complexity index is 872. The Morgan fingerprint density at radius 2 is 1.81 bits per heavy atom. The summed E-state index contributed by atoms with van der Waals surface area (Å²) in [6.45, 7) is 4.19. The number of amides is 3. The highest BCUT2D eigenvalue weighted by Crippen LogP contribution is 2.35. The standard InChI is InChI=1S/C23H29N3O4S/c27-21(25-10-13-31-14-11-25)16-6-8-24(9-7-16)19-5-1-4-18-20(19)23(29)26(22(18)28)15-17-3-2-12-30-17/h1,4-5,16-17H,2-3,6-15H2/t17-/m1/s1. The van der Waals surface area contributed by atoms with Crippen molar-refractivity contribution >= 4 is 35.2 Å². The zero-order valence-electron chi connectivity index (χ0n) is 17.8. The Hall–Kier alpha value is -2.06. The van der Waals surface area contributed by atoms with Gasteiger partial charge in [0.15, 0.2) is 0 Å². The van der Waals surface area contributed by atoms with E-state index in [1.165, 1.54) is 4.90 Å². The van der Waals surface area contributed by atoms with E-state index in [0.717, 1.165) is 69.1 Å². The largest absolute Gasteiger partial charge is 0.376 e. The molecule has 4 heterocycles. The lowest BCUT2D eigenvalue weighted by molar-refractivity contribution is -0.135. The minimum Gasteiger partial charge on any atom is -0.376 e. The van der Waals surface area contributed by atoms with E-state index in [0.29, 0.717) is 24.3 Å². The number of imide groups is 1. The third-order valence-electron chi connectivity index (χ3n) is 6.89. The summed E-state index contributed by atoms with van der Waals surface area (Å²) in [5.74, 6) is 1.97. The number of carbonyl (C=O) groups is 3. The summed E-state index contributed by atoms with van der Waals surface area (Å²) in [6, 6.07) is 5.54. The van der Waals surface area contributed by atoms with E-state index in [2.05, 4.69) is 4.90 Å². The van der Waals surface area contributed by atoms with Crippen LogP contribution in [0.3, 0.4) is 0 Å². The molecular formula is C23H29N3O4S. The second-order valence-corrected chi connectivity index (χ2v) is 9.98. The summed E-state index contributed by atoms with van der Waals surface area (Å²) < 4.78 is 5.65. The number of benzene rings is 1. The lowest BCUT2D eigenvalue weighted by Gasteiger charge is -2.36. The molecule has 0 spiro atoms. The summed E-state index contributed by atoms with van der Waals surface area (Å²) in [4.78, 5) is 44.5. The molecule has 0 bridgehead atoms. The third kappa shape index (κ3) is 3.96. The number of hydrogen-bond acceptors (Lipinski definition) is 6. The van der Waals surface area contributed by atoms with Crippen LogP contribution in [0.4, 0.5) is 5.69 Å². The van der Waals surface area contributed by atoms with Gasteiger partial charge in [-0.1, -0.05) is 6.07 Å². The number of fused-ring (bicyclic) bond motifs is 1. The van der Waals surface area contributed by atoms with Crippen LogP contribution in [0.25, 0.3) is 0 Å². The molecule has 0 N–H and O–H groups in total. The van der Waals surface area contributed by atoms with Gasteiger partial charge < -0.3 is 14.5 Å². The predicted molar refractivity (Wildman–Crippen MR) is 120 cm³/mol. The van der Waals surface area contributed by atoms with Gasteiger partial charge in [0.05, 0.1) is 29.5 Å². The van der Waals surface area contributed by atoms with Crippen LogP contribution in [0, 0.1) is 5.92 Å². The summed E-state index contributed by atoms with van der Waals surface area (Å²) in [5.41, 5.74) is 1.83. The number of ether oxygens (including phenoxy) is 1. The average Bonchev–Trinajstić information content (AvgIpc) is 3.42. The Balaban J connectivity index is 1.28. The van der Waals surface area contributed by atoms with Gasteiger partial charge in [0.2, 0.25) is 5.91 Å². The minimum atomic E-state index is -0.217. The highest BCUT2D eigenvalue weighted by atomic mass is 32.2. The third-order valence-corrected chi connectivity index (χ3v) is 7.84. The van der Waals surface area contributed by atoms with Gasteiger partial charge in [-0.2, -0.15) is 11.8 Å². The first-order valence-corrected chi connectivity index (χ1v) is 12.5. The van der Waals surface area contributed by atoms with Crippen molar-refractivity contribution in [2.45, 2.75) is 31.8 Å². The van der Waals surface area contributed by atoms with E-state index in [9.17, 15) is 14.4 Å². The van der Waals surface area contributed by atoms with Crippen LogP contribution in [-0.4, -0.2) is 84.5 Å². The summed E-state index contributed by atoms with van der Waals surface area (Å²) in [6.07, 6.45) is 3.38. The van der Waals surface area contributed by atoms with Crippen LogP contribution in [0.2, 0.25) is 0 Å². The van der Waals surface area contributed by atoms with Crippen LogP contribution in [-0.2, 0) is 9.53 Å². The molecule has 31 heavy (non-hydrogen) atoms. The first-order chi connectivity index (χ1) is 15.1. The van der Waals surface area contributed by atoms with Crippen molar-refractivity contribution in [2.75, 3.05) is 55.7 Å². The zero-order chi connectivity index (χ0) is 21.4. The fraction of sp³-hybridized carbons (Fsp3) is 0.609. The zero-order valence-corrected chi connectivity index (χ0v) is 18.6. The van der Waals surface area contributed by atoms with Crippen molar-refractivity contribution in [1.82, 2.24) is 9.80 Å². The summed E-state index contributed by atoms with van der Waals surface area (Å²) in [5, 5.41) is 0. The fourth-order valence-corrected chi connectivity index (χ4v) is 6.05. The van der Waals surface area contributed by atoms with Crippen molar-refractivity contribution in [1.29, 1.82) is 0 Å².